The van der Waals surface area contributed by atoms with E-state index in [4.69, 9.17) is 10.8 Å². The Morgan fingerprint density at radius 2 is 1.91 bits per heavy atom. The Morgan fingerprint density at radius 1 is 1.26 bits per heavy atom. The van der Waals surface area contributed by atoms with E-state index in [1.165, 1.54) is 6.33 Å². The molecule has 124 valence electrons. The van der Waals surface area contributed by atoms with Crippen LogP contribution >= 0.6 is 0 Å². The lowest BCUT2D eigenvalue weighted by molar-refractivity contribution is -0.145. The lowest BCUT2D eigenvalue weighted by Gasteiger charge is -2.27. The highest BCUT2D eigenvalue weighted by Gasteiger charge is 2.36. The fourth-order valence-electron chi connectivity index (χ4n) is 2.93. The average Bonchev–Trinajstić information content (AvgIpc) is 2.91. The number of aromatic nitrogens is 4. The molecule has 0 amide bonds. The van der Waals surface area contributed by atoms with Crippen molar-refractivity contribution in [2.75, 3.05) is 5.73 Å². The van der Waals surface area contributed by atoms with Crippen molar-refractivity contribution >= 4 is 23.0 Å². The van der Waals surface area contributed by atoms with E-state index in [1.54, 1.807) is 4.57 Å². The van der Waals surface area contributed by atoms with Crippen LogP contribution in [0.2, 0.25) is 0 Å². The molecule has 0 bridgehead atoms. The van der Waals surface area contributed by atoms with Gasteiger partial charge in [0.15, 0.2) is 11.5 Å². The van der Waals surface area contributed by atoms with E-state index >= 15 is 0 Å². The molecule has 1 aliphatic carbocycles. The molecule has 2 aromatic rings. The van der Waals surface area contributed by atoms with E-state index in [9.17, 15) is 18.0 Å². The molecular formula is C13H14F3N5O2. The minimum Gasteiger partial charge on any atom is -0.481 e. The number of nitrogen functional groups attached to an aromatic ring is 1. The molecular weight excluding hydrogens is 315 g/mol. The maximum absolute atomic E-state index is 12.8. The molecule has 7 nitrogen and oxygen atoms in total. The minimum absolute atomic E-state index is 0.0311. The Morgan fingerprint density at radius 3 is 2.48 bits per heavy atom. The van der Waals surface area contributed by atoms with Crippen LogP contribution < -0.4 is 5.73 Å². The number of alkyl halides is 3. The van der Waals surface area contributed by atoms with Crippen LogP contribution in [0, 0.1) is 5.92 Å². The van der Waals surface area contributed by atoms with Gasteiger partial charge in [0.2, 0.25) is 5.82 Å². The van der Waals surface area contributed by atoms with Crippen LogP contribution in [0.15, 0.2) is 6.33 Å². The van der Waals surface area contributed by atoms with Crippen LogP contribution in [0.4, 0.5) is 19.0 Å². The van der Waals surface area contributed by atoms with Gasteiger partial charge in [-0.2, -0.15) is 13.2 Å². The lowest BCUT2D eigenvalue weighted by atomic mass is 9.86. The second kappa shape index (κ2) is 5.36. The second-order valence-electron chi connectivity index (χ2n) is 5.60. The van der Waals surface area contributed by atoms with Crippen molar-refractivity contribution in [2.24, 2.45) is 5.92 Å². The number of anilines is 1. The molecule has 0 spiro atoms. The maximum atomic E-state index is 12.8. The minimum atomic E-state index is -4.70. The largest absolute Gasteiger partial charge is 0.481 e. The Bertz CT molecular complexity index is 750. The molecule has 1 saturated carbocycles. The summed E-state index contributed by atoms with van der Waals surface area (Å²) >= 11 is 0. The fraction of sp³-hybridized carbons (Fsp3) is 0.538. The zero-order valence-corrected chi connectivity index (χ0v) is 11.9. The number of carbonyl (C=O) groups is 1. The first-order valence-electron chi connectivity index (χ1n) is 7.07. The highest BCUT2D eigenvalue weighted by molar-refractivity contribution is 5.81. The van der Waals surface area contributed by atoms with Gasteiger partial charge in [0.1, 0.15) is 5.52 Å². The van der Waals surface area contributed by atoms with Gasteiger partial charge in [-0.25, -0.2) is 15.0 Å². The second-order valence-corrected chi connectivity index (χ2v) is 5.60. The SMILES string of the molecule is Nc1nc(C(F)(F)F)nc2c1ncn2[C@H]1CC[C@@H](C(=O)O)CC1. The van der Waals surface area contributed by atoms with Crippen LogP contribution in [0.1, 0.15) is 37.5 Å². The quantitative estimate of drug-likeness (QED) is 0.875. The number of hydrogen-bond acceptors (Lipinski definition) is 5. The zero-order valence-electron chi connectivity index (χ0n) is 11.9. The molecule has 3 rings (SSSR count). The van der Waals surface area contributed by atoms with Gasteiger partial charge in [0, 0.05) is 6.04 Å². The number of carboxylic acids is 1. The van der Waals surface area contributed by atoms with Crippen molar-refractivity contribution < 1.29 is 23.1 Å². The van der Waals surface area contributed by atoms with E-state index in [-0.39, 0.29) is 23.0 Å². The summed E-state index contributed by atoms with van der Waals surface area (Å²) in [7, 11) is 0. The molecule has 0 aliphatic heterocycles. The smallest absolute Gasteiger partial charge is 0.451 e. The summed E-state index contributed by atoms with van der Waals surface area (Å²) in [5.74, 6) is -2.87. The van der Waals surface area contributed by atoms with Gasteiger partial charge in [-0.05, 0) is 25.7 Å². The average molecular weight is 329 g/mol. The van der Waals surface area contributed by atoms with E-state index in [2.05, 4.69) is 15.0 Å². The van der Waals surface area contributed by atoms with Crippen molar-refractivity contribution in [2.45, 2.75) is 37.9 Å². The van der Waals surface area contributed by atoms with E-state index in [1.807, 2.05) is 0 Å². The maximum Gasteiger partial charge on any atom is 0.451 e. The Kier molecular flexibility index (Phi) is 3.61. The monoisotopic (exact) mass is 329 g/mol. The first-order chi connectivity index (χ1) is 10.8. The van der Waals surface area contributed by atoms with Gasteiger partial charge >= 0.3 is 12.1 Å². The van der Waals surface area contributed by atoms with Crippen LogP contribution in [0.25, 0.3) is 11.2 Å². The first kappa shape index (κ1) is 15.5. The van der Waals surface area contributed by atoms with E-state index in [0.717, 1.165) is 0 Å². The summed E-state index contributed by atoms with van der Waals surface area (Å²) in [4.78, 5) is 21.8. The third-order valence-corrected chi connectivity index (χ3v) is 4.14. The highest BCUT2D eigenvalue weighted by Crippen LogP contribution is 2.35. The third kappa shape index (κ3) is 2.80. The number of fused-ring (bicyclic) bond motifs is 1. The molecule has 0 saturated heterocycles. The fourth-order valence-corrected chi connectivity index (χ4v) is 2.93. The Balaban J connectivity index is 1.96. The molecule has 3 N–H and O–H groups in total. The molecule has 2 aromatic heterocycles. The van der Waals surface area contributed by atoms with Crippen LogP contribution in [0.3, 0.4) is 0 Å². The van der Waals surface area contributed by atoms with Crippen LogP contribution in [-0.2, 0) is 11.0 Å². The van der Waals surface area contributed by atoms with Crippen LogP contribution in [-0.4, -0.2) is 30.6 Å². The van der Waals surface area contributed by atoms with Crippen molar-refractivity contribution in [1.29, 1.82) is 0 Å². The van der Waals surface area contributed by atoms with E-state index in [0.29, 0.717) is 25.7 Å². The molecule has 0 aromatic carbocycles. The number of rotatable bonds is 2. The van der Waals surface area contributed by atoms with Gasteiger partial charge in [-0.15, -0.1) is 0 Å². The molecule has 0 atom stereocenters. The number of aliphatic carboxylic acids is 1. The summed E-state index contributed by atoms with van der Waals surface area (Å²) in [6, 6.07) is -0.147. The Hall–Kier alpha value is -2.39. The van der Waals surface area contributed by atoms with Gasteiger partial charge < -0.3 is 15.4 Å². The summed E-state index contributed by atoms with van der Waals surface area (Å²) in [6.45, 7) is 0. The summed E-state index contributed by atoms with van der Waals surface area (Å²) < 4.78 is 40.1. The van der Waals surface area contributed by atoms with Gasteiger partial charge in [-0.1, -0.05) is 0 Å². The summed E-state index contributed by atoms with van der Waals surface area (Å²) in [5, 5.41) is 9.01. The molecule has 1 fully saturated rings. The molecule has 23 heavy (non-hydrogen) atoms. The van der Waals surface area contributed by atoms with Crippen molar-refractivity contribution in [1.82, 2.24) is 19.5 Å². The van der Waals surface area contributed by atoms with Crippen molar-refractivity contribution in [3.05, 3.63) is 12.2 Å². The van der Waals surface area contributed by atoms with Crippen molar-refractivity contribution in [3.8, 4) is 0 Å². The molecule has 2 heterocycles. The molecule has 1 aliphatic rings. The topological polar surface area (TPSA) is 107 Å². The lowest BCUT2D eigenvalue weighted by Crippen LogP contribution is -2.23. The van der Waals surface area contributed by atoms with Crippen molar-refractivity contribution in [3.63, 3.8) is 0 Å². The standard InChI is InChI=1S/C13H14F3N5O2/c14-13(15,16)12-19-9(17)8-10(20-12)21(5-18-8)7-3-1-6(2-4-7)11(22)23/h5-7H,1-4H2,(H,22,23)(H2,17,19,20)/t6-,7+. The normalized spacial score (nSPS) is 22.4. The number of imidazole rings is 1. The number of hydrogen-bond donors (Lipinski definition) is 2. The molecule has 0 radical (unpaired) electrons. The third-order valence-electron chi connectivity index (χ3n) is 4.14. The van der Waals surface area contributed by atoms with Gasteiger partial charge in [0.25, 0.3) is 0 Å². The predicted octanol–water partition coefficient (Wildman–Crippen LogP) is 2.24. The van der Waals surface area contributed by atoms with E-state index < -0.39 is 23.9 Å². The summed E-state index contributed by atoms with van der Waals surface area (Å²) in [6.07, 6.45) is -1.31. The number of halogens is 3. The van der Waals surface area contributed by atoms with Gasteiger partial charge in [-0.3, -0.25) is 4.79 Å². The van der Waals surface area contributed by atoms with Crippen LogP contribution in [0.5, 0.6) is 0 Å². The summed E-state index contributed by atoms with van der Waals surface area (Å²) in [5.41, 5.74) is 5.71. The molecule has 10 heteroatoms. The zero-order chi connectivity index (χ0) is 16.8. The first-order valence-corrected chi connectivity index (χ1v) is 7.07. The molecule has 0 unspecified atom stereocenters. The predicted molar refractivity (Wildman–Crippen MR) is 73.4 cm³/mol. The number of nitrogens with two attached hydrogens (primary N) is 1. The van der Waals surface area contributed by atoms with Gasteiger partial charge in [0.05, 0.1) is 12.2 Å². The number of carboxylic acid groups (broad SMARTS) is 1. The Labute approximate surface area is 128 Å². The number of nitrogens with zero attached hydrogens (tertiary/aromatic N) is 4. The highest BCUT2D eigenvalue weighted by atomic mass is 19.4.